The summed E-state index contributed by atoms with van der Waals surface area (Å²) in [6.45, 7) is 11.7. The molecule has 3 N–H and O–H groups in total. The van der Waals surface area contributed by atoms with E-state index in [-0.39, 0.29) is 6.04 Å². The summed E-state index contributed by atoms with van der Waals surface area (Å²) < 4.78 is 17.0. The van der Waals surface area contributed by atoms with Crippen molar-refractivity contribution < 1.29 is 14.2 Å². The summed E-state index contributed by atoms with van der Waals surface area (Å²) in [5.74, 6) is 7.21. The molecule has 1 rings (SSSR count). The van der Waals surface area contributed by atoms with Gasteiger partial charge in [0.25, 0.3) is 0 Å². The zero-order chi connectivity index (χ0) is 15.9. The maximum Gasteiger partial charge on any atom is 0.161 e. The van der Waals surface area contributed by atoms with Gasteiger partial charge in [-0.05, 0) is 52.3 Å². The Morgan fingerprint density at radius 1 is 1.05 bits per heavy atom. The lowest BCUT2D eigenvalue weighted by atomic mass is 9.92. The summed E-state index contributed by atoms with van der Waals surface area (Å²) in [6.07, 6.45) is 0. The van der Waals surface area contributed by atoms with Gasteiger partial charge in [0.2, 0.25) is 0 Å². The maximum absolute atomic E-state index is 5.80. The number of hydrazine groups is 1. The Morgan fingerprint density at radius 2 is 1.67 bits per heavy atom. The van der Waals surface area contributed by atoms with Crippen LogP contribution in [0.25, 0.3) is 0 Å². The third-order valence-electron chi connectivity index (χ3n) is 3.28. The van der Waals surface area contributed by atoms with Crippen LogP contribution in [0.1, 0.15) is 46.2 Å². The minimum Gasteiger partial charge on any atom is -0.490 e. The fourth-order valence-corrected chi connectivity index (χ4v) is 2.40. The van der Waals surface area contributed by atoms with Crippen LogP contribution in [0.5, 0.6) is 11.5 Å². The molecule has 0 saturated heterocycles. The van der Waals surface area contributed by atoms with E-state index in [2.05, 4.69) is 5.43 Å². The molecular formula is C16H28N2O3. The smallest absolute Gasteiger partial charge is 0.161 e. The van der Waals surface area contributed by atoms with Gasteiger partial charge in [-0.3, -0.25) is 11.3 Å². The summed E-state index contributed by atoms with van der Waals surface area (Å²) in [5, 5.41) is 0. The molecule has 0 aliphatic carbocycles. The Hall–Kier alpha value is -1.30. The van der Waals surface area contributed by atoms with Crippen molar-refractivity contribution in [1.82, 2.24) is 5.43 Å². The van der Waals surface area contributed by atoms with Gasteiger partial charge < -0.3 is 14.2 Å². The van der Waals surface area contributed by atoms with Gasteiger partial charge >= 0.3 is 0 Å². The highest BCUT2D eigenvalue weighted by Gasteiger charge is 2.31. The first-order chi connectivity index (χ1) is 10.00. The average Bonchev–Trinajstić information content (AvgIpc) is 2.42. The van der Waals surface area contributed by atoms with Crippen molar-refractivity contribution in [2.45, 2.75) is 46.3 Å². The Bertz CT molecular complexity index is 436. The SMILES string of the molecule is CCOc1ccc(C(NN)C(C)(C)OCC)cc1OCC. The number of nitrogens with one attached hydrogen (secondary N) is 1. The highest BCUT2D eigenvalue weighted by molar-refractivity contribution is 5.44. The summed E-state index contributed by atoms with van der Waals surface area (Å²) >= 11 is 0. The first-order valence-corrected chi connectivity index (χ1v) is 7.49. The van der Waals surface area contributed by atoms with Crippen molar-refractivity contribution in [3.8, 4) is 11.5 Å². The minimum atomic E-state index is -0.430. The molecule has 1 aromatic carbocycles. The van der Waals surface area contributed by atoms with Crippen LogP contribution in [0.3, 0.4) is 0 Å². The van der Waals surface area contributed by atoms with Crippen LogP contribution < -0.4 is 20.7 Å². The van der Waals surface area contributed by atoms with Crippen molar-refractivity contribution >= 4 is 0 Å². The van der Waals surface area contributed by atoms with Crippen LogP contribution in [0.15, 0.2) is 18.2 Å². The van der Waals surface area contributed by atoms with Gasteiger partial charge in [-0.15, -0.1) is 0 Å². The van der Waals surface area contributed by atoms with Gasteiger partial charge in [-0.25, -0.2) is 0 Å². The minimum absolute atomic E-state index is 0.146. The van der Waals surface area contributed by atoms with E-state index in [0.717, 1.165) is 17.1 Å². The van der Waals surface area contributed by atoms with Crippen LogP contribution in [0.2, 0.25) is 0 Å². The standard InChI is InChI=1S/C16H28N2O3/c1-6-19-13-10-9-12(11-14(13)20-7-2)15(18-17)16(4,5)21-8-3/h9-11,15,18H,6-8,17H2,1-5H3. The molecule has 0 aliphatic rings. The molecule has 0 spiro atoms. The lowest BCUT2D eigenvalue weighted by Gasteiger charge is -2.34. The molecule has 0 amide bonds. The van der Waals surface area contributed by atoms with E-state index in [1.165, 1.54) is 0 Å². The van der Waals surface area contributed by atoms with Crippen molar-refractivity contribution in [2.75, 3.05) is 19.8 Å². The molecule has 120 valence electrons. The quantitative estimate of drug-likeness (QED) is 0.542. The van der Waals surface area contributed by atoms with Crippen molar-refractivity contribution in [1.29, 1.82) is 0 Å². The highest BCUT2D eigenvalue weighted by Crippen LogP contribution is 2.35. The molecule has 5 heteroatoms. The fraction of sp³-hybridized carbons (Fsp3) is 0.625. The third-order valence-corrected chi connectivity index (χ3v) is 3.28. The van der Waals surface area contributed by atoms with Gasteiger partial charge in [-0.1, -0.05) is 6.07 Å². The van der Waals surface area contributed by atoms with E-state index >= 15 is 0 Å². The second kappa shape index (κ2) is 8.22. The fourth-order valence-electron chi connectivity index (χ4n) is 2.40. The van der Waals surface area contributed by atoms with Crippen LogP contribution in [0, 0.1) is 0 Å². The van der Waals surface area contributed by atoms with Crippen molar-refractivity contribution in [2.24, 2.45) is 5.84 Å². The summed E-state index contributed by atoms with van der Waals surface area (Å²) in [6, 6.07) is 5.71. The lowest BCUT2D eigenvalue weighted by molar-refractivity contribution is -0.0393. The molecule has 0 aromatic heterocycles. The van der Waals surface area contributed by atoms with Crippen LogP contribution in [-0.2, 0) is 4.74 Å². The van der Waals surface area contributed by atoms with E-state index in [0.29, 0.717) is 19.8 Å². The molecular weight excluding hydrogens is 268 g/mol. The number of benzene rings is 1. The lowest BCUT2D eigenvalue weighted by Crippen LogP contribution is -2.44. The van der Waals surface area contributed by atoms with Crippen molar-refractivity contribution in [3.63, 3.8) is 0 Å². The van der Waals surface area contributed by atoms with E-state index in [1.54, 1.807) is 0 Å². The molecule has 0 radical (unpaired) electrons. The third kappa shape index (κ3) is 4.59. The first kappa shape index (κ1) is 17.8. The predicted molar refractivity (Wildman–Crippen MR) is 84.5 cm³/mol. The number of rotatable bonds is 9. The van der Waals surface area contributed by atoms with Gasteiger partial charge in [0.05, 0.1) is 24.9 Å². The van der Waals surface area contributed by atoms with E-state index in [9.17, 15) is 0 Å². The monoisotopic (exact) mass is 296 g/mol. The Labute approximate surface area is 127 Å². The Morgan fingerprint density at radius 3 is 2.19 bits per heavy atom. The molecule has 1 unspecified atom stereocenters. The van der Waals surface area contributed by atoms with E-state index in [4.69, 9.17) is 20.1 Å². The van der Waals surface area contributed by atoms with E-state index in [1.807, 2.05) is 52.8 Å². The average molecular weight is 296 g/mol. The van der Waals surface area contributed by atoms with E-state index < -0.39 is 5.60 Å². The normalized spacial score (nSPS) is 13.0. The second-order valence-electron chi connectivity index (χ2n) is 5.21. The molecule has 21 heavy (non-hydrogen) atoms. The molecule has 1 atom stereocenters. The molecule has 1 aromatic rings. The molecule has 0 aliphatic heterocycles. The molecule has 0 saturated carbocycles. The zero-order valence-corrected chi connectivity index (χ0v) is 13.7. The number of nitrogens with two attached hydrogens (primary N) is 1. The number of ether oxygens (including phenoxy) is 3. The Balaban J connectivity index is 3.12. The predicted octanol–water partition coefficient (Wildman–Crippen LogP) is 2.80. The van der Waals surface area contributed by atoms with Crippen LogP contribution in [0.4, 0.5) is 0 Å². The van der Waals surface area contributed by atoms with Gasteiger partial charge in [0.1, 0.15) is 0 Å². The van der Waals surface area contributed by atoms with Crippen molar-refractivity contribution in [3.05, 3.63) is 23.8 Å². The topological polar surface area (TPSA) is 65.7 Å². The Kier molecular flexibility index (Phi) is 6.95. The highest BCUT2D eigenvalue weighted by atomic mass is 16.5. The van der Waals surface area contributed by atoms with Crippen LogP contribution in [-0.4, -0.2) is 25.4 Å². The zero-order valence-electron chi connectivity index (χ0n) is 13.7. The number of hydrogen-bond acceptors (Lipinski definition) is 5. The van der Waals surface area contributed by atoms with Gasteiger partial charge in [0.15, 0.2) is 11.5 Å². The molecule has 5 nitrogen and oxygen atoms in total. The first-order valence-electron chi connectivity index (χ1n) is 7.49. The molecule has 0 fully saturated rings. The second-order valence-corrected chi connectivity index (χ2v) is 5.21. The van der Waals surface area contributed by atoms with Crippen LogP contribution >= 0.6 is 0 Å². The van der Waals surface area contributed by atoms with Gasteiger partial charge in [0, 0.05) is 6.61 Å². The summed E-state index contributed by atoms with van der Waals surface area (Å²) in [7, 11) is 0. The molecule has 0 heterocycles. The maximum atomic E-state index is 5.80. The molecule has 0 bridgehead atoms. The summed E-state index contributed by atoms with van der Waals surface area (Å²) in [4.78, 5) is 0. The number of hydrogen-bond donors (Lipinski definition) is 2. The largest absolute Gasteiger partial charge is 0.490 e. The van der Waals surface area contributed by atoms with Gasteiger partial charge in [-0.2, -0.15) is 0 Å². The summed E-state index contributed by atoms with van der Waals surface area (Å²) in [5.41, 5.74) is 3.42.